The Bertz CT molecular complexity index is 1730. The van der Waals surface area contributed by atoms with Crippen LogP contribution in [0.2, 0.25) is 5.02 Å². The molecule has 0 saturated carbocycles. The summed E-state index contributed by atoms with van der Waals surface area (Å²) >= 11 is 6.33. The minimum atomic E-state index is -3.75. The van der Waals surface area contributed by atoms with Gasteiger partial charge in [0.05, 0.1) is 21.8 Å². The van der Waals surface area contributed by atoms with Crippen molar-refractivity contribution in [3.63, 3.8) is 0 Å². The number of aryl methyl sites for hydroxylation is 2. The zero-order valence-corrected chi connectivity index (χ0v) is 26.4. The average molecular weight is 621 g/mol. The summed E-state index contributed by atoms with van der Waals surface area (Å²) in [6.45, 7) is 9.49. The molecule has 1 atom stereocenters. The fraction of sp³-hybridized carbons (Fsp3) is 0.394. The lowest BCUT2D eigenvalue weighted by molar-refractivity contribution is -0.110. The number of carbonyl (C=O) groups excluding carboxylic acids is 2. The molecule has 6 rings (SSSR count). The Morgan fingerprint density at radius 2 is 1.84 bits per heavy atom. The van der Waals surface area contributed by atoms with Crippen LogP contribution in [-0.2, 0) is 20.4 Å². The zero-order valence-electron chi connectivity index (χ0n) is 24.8. The first-order valence-corrected chi connectivity index (χ1v) is 16.9. The topological polar surface area (TPSA) is 103 Å². The molecule has 3 aromatic rings. The second kappa shape index (κ2) is 11.6. The minimum Gasteiger partial charge on any atom is -0.358 e. The molecular formula is C33H37ClN4O4S. The smallest absolute Gasteiger partial charge is 0.256 e. The number of aromatic nitrogens is 1. The van der Waals surface area contributed by atoms with Crippen LogP contribution >= 0.6 is 11.6 Å². The van der Waals surface area contributed by atoms with Gasteiger partial charge in [0.25, 0.3) is 11.8 Å². The van der Waals surface area contributed by atoms with Crippen LogP contribution in [-0.4, -0.2) is 67.2 Å². The molecule has 2 N–H and O–H groups in total. The number of benzene rings is 2. The van der Waals surface area contributed by atoms with Gasteiger partial charge in [-0.3, -0.25) is 9.59 Å². The molecule has 0 bridgehead atoms. The van der Waals surface area contributed by atoms with Crippen LogP contribution in [0, 0.1) is 20.8 Å². The van der Waals surface area contributed by atoms with Crippen LogP contribution in [0.4, 0.5) is 5.69 Å². The van der Waals surface area contributed by atoms with E-state index in [0.29, 0.717) is 38.7 Å². The van der Waals surface area contributed by atoms with E-state index in [1.807, 2.05) is 31.7 Å². The Balaban J connectivity index is 1.29. The number of hydrogen-bond donors (Lipinski definition) is 2. The van der Waals surface area contributed by atoms with Crippen LogP contribution in [0.3, 0.4) is 0 Å². The predicted octanol–water partition coefficient (Wildman–Crippen LogP) is 5.76. The summed E-state index contributed by atoms with van der Waals surface area (Å²) in [4.78, 5) is 34.9. The molecule has 226 valence electrons. The van der Waals surface area contributed by atoms with Gasteiger partial charge in [0, 0.05) is 46.8 Å². The Morgan fingerprint density at radius 3 is 2.58 bits per heavy atom. The van der Waals surface area contributed by atoms with E-state index in [1.54, 1.807) is 30.3 Å². The van der Waals surface area contributed by atoms with Crippen LogP contribution < -0.4 is 5.32 Å². The summed E-state index contributed by atoms with van der Waals surface area (Å²) in [5, 5.41) is 3.25. The lowest BCUT2D eigenvalue weighted by Crippen LogP contribution is -2.42. The molecule has 2 saturated heterocycles. The molecule has 3 aliphatic rings. The highest BCUT2D eigenvalue weighted by molar-refractivity contribution is 7.90. The molecule has 2 aromatic carbocycles. The second-order valence-corrected chi connectivity index (χ2v) is 14.4. The van der Waals surface area contributed by atoms with Crippen molar-refractivity contribution in [2.45, 2.75) is 63.1 Å². The van der Waals surface area contributed by atoms with Crippen molar-refractivity contribution in [3.8, 4) is 0 Å². The molecule has 10 heteroatoms. The number of H-pyrrole nitrogens is 1. The minimum absolute atomic E-state index is 0.0251. The molecule has 0 unspecified atom stereocenters. The highest BCUT2D eigenvalue weighted by Gasteiger charge is 2.34. The number of likely N-dealkylation sites (tertiary alicyclic amines) is 2. The first kappa shape index (κ1) is 29.7. The van der Waals surface area contributed by atoms with Crippen molar-refractivity contribution in [1.82, 2.24) is 14.8 Å². The number of fused-ring (bicyclic) bond motifs is 1. The maximum atomic E-state index is 13.9. The number of rotatable bonds is 7. The monoisotopic (exact) mass is 620 g/mol. The number of aromatic amines is 1. The lowest BCUT2D eigenvalue weighted by atomic mass is 10.0. The standard InChI is InChI=1S/C33H37ClN4O4S/c1-20-8-6-10-28(34)27(20)19-43(41,42)24-11-12-29-25(16-24)26(32(39)36-29)17-30-21(2)31(22(3)35-30)33(40)38-15-7-9-23(38)18-37-13-4-5-14-37/h6,8,10-12,16-17,23,35H,4-5,7,9,13-15,18-19H2,1-3H3,(H,36,39)/b26-17-/t23-/m1/s1. The first-order valence-electron chi connectivity index (χ1n) is 14.9. The van der Waals surface area contributed by atoms with E-state index in [2.05, 4.69) is 15.2 Å². The van der Waals surface area contributed by atoms with E-state index < -0.39 is 9.84 Å². The number of hydrogen-bond acceptors (Lipinski definition) is 5. The van der Waals surface area contributed by atoms with Crippen LogP contribution in [0.15, 0.2) is 41.3 Å². The fourth-order valence-electron chi connectivity index (χ4n) is 6.71. The highest BCUT2D eigenvalue weighted by Crippen LogP contribution is 2.37. The summed E-state index contributed by atoms with van der Waals surface area (Å²) in [5.74, 6) is -0.540. The molecule has 2 fully saturated rings. The van der Waals surface area contributed by atoms with Gasteiger partial charge in [-0.15, -0.1) is 0 Å². The van der Waals surface area contributed by atoms with Crippen LogP contribution in [0.5, 0.6) is 0 Å². The van der Waals surface area contributed by atoms with Crippen molar-refractivity contribution >= 4 is 50.6 Å². The third-order valence-electron chi connectivity index (χ3n) is 9.10. The Morgan fingerprint density at radius 1 is 1.07 bits per heavy atom. The van der Waals surface area contributed by atoms with Crippen LogP contribution in [0.25, 0.3) is 11.6 Å². The van der Waals surface area contributed by atoms with E-state index in [0.717, 1.165) is 55.8 Å². The zero-order chi connectivity index (χ0) is 30.5. The summed E-state index contributed by atoms with van der Waals surface area (Å²) < 4.78 is 26.9. The number of carbonyl (C=O) groups is 2. The summed E-state index contributed by atoms with van der Waals surface area (Å²) in [6.07, 6.45) is 6.18. The number of nitrogens with zero attached hydrogens (tertiary/aromatic N) is 2. The van der Waals surface area contributed by atoms with E-state index >= 15 is 0 Å². The quantitative estimate of drug-likeness (QED) is 0.327. The van der Waals surface area contributed by atoms with Gasteiger partial charge in [0.2, 0.25) is 0 Å². The highest BCUT2D eigenvalue weighted by atomic mass is 35.5. The van der Waals surface area contributed by atoms with Gasteiger partial charge in [-0.2, -0.15) is 0 Å². The third kappa shape index (κ3) is 5.66. The van der Waals surface area contributed by atoms with E-state index in [9.17, 15) is 18.0 Å². The second-order valence-electron chi connectivity index (χ2n) is 12.0. The van der Waals surface area contributed by atoms with E-state index in [-0.39, 0.29) is 28.5 Å². The molecule has 43 heavy (non-hydrogen) atoms. The third-order valence-corrected chi connectivity index (χ3v) is 11.1. The Kier molecular flexibility index (Phi) is 8.00. The van der Waals surface area contributed by atoms with Gasteiger partial charge in [-0.1, -0.05) is 23.7 Å². The van der Waals surface area contributed by atoms with E-state index in [4.69, 9.17) is 11.6 Å². The molecule has 0 radical (unpaired) electrons. The molecule has 4 heterocycles. The first-order chi connectivity index (χ1) is 20.5. The summed E-state index contributed by atoms with van der Waals surface area (Å²) in [6, 6.07) is 10.2. The number of sulfone groups is 1. The molecule has 1 aromatic heterocycles. The summed E-state index contributed by atoms with van der Waals surface area (Å²) in [7, 11) is -3.75. The van der Waals surface area contributed by atoms with Crippen molar-refractivity contribution in [1.29, 1.82) is 0 Å². The van der Waals surface area contributed by atoms with Gasteiger partial charge in [0.15, 0.2) is 9.84 Å². The van der Waals surface area contributed by atoms with Gasteiger partial charge in [-0.05, 0) is 107 Å². The van der Waals surface area contributed by atoms with Crippen molar-refractivity contribution in [2.75, 3.05) is 31.5 Å². The number of anilines is 1. The normalized spacial score (nSPS) is 19.8. The molecule has 2 amide bonds. The SMILES string of the molecule is Cc1cccc(Cl)c1CS(=O)(=O)c1ccc2c(c1)/C(=C/c1[nH]c(C)c(C(=O)N3CCC[C@@H]3CN3CCCC3)c1C)C(=O)N2. The van der Waals surface area contributed by atoms with Gasteiger partial charge < -0.3 is 20.1 Å². The number of halogens is 1. The Hall–Kier alpha value is -3.40. The molecule has 0 spiro atoms. The number of amides is 2. The van der Waals surface area contributed by atoms with Crippen molar-refractivity contribution < 1.29 is 18.0 Å². The van der Waals surface area contributed by atoms with Crippen LogP contribution in [0.1, 0.15) is 69.7 Å². The lowest BCUT2D eigenvalue weighted by Gasteiger charge is -2.28. The van der Waals surface area contributed by atoms with Gasteiger partial charge in [0.1, 0.15) is 0 Å². The summed E-state index contributed by atoms with van der Waals surface area (Å²) in [5.41, 5.74) is 5.60. The van der Waals surface area contributed by atoms with E-state index in [1.165, 1.54) is 18.9 Å². The molecule has 0 aliphatic carbocycles. The molecular weight excluding hydrogens is 584 g/mol. The maximum absolute atomic E-state index is 13.9. The van der Waals surface area contributed by atoms with Crippen molar-refractivity contribution in [2.24, 2.45) is 0 Å². The average Bonchev–Trinajstić information content (AvgIpc) is 3.75. The fourth-order valence-corrected chi connectivity index (χ4v) is 8.58. The van der Waals surface area contributed by atoms with Crippen molar-refractivity contribution in [3.05, 3.63) is 80.6 Å². The molecule has 8 nitrogen and oxygen atoms in total. The Labute approximate surface area is 258 Å². The maximum Gasteiger partial charge on any atom is 0.256 e. The predicted molar refractivity (Wildman–Crippen MR) is 170 cm³/mol. The van der Waals surface area contributed by atoms with Gasteiger partial charge in [-0.25, -0.2) is 8.42 Å². The molecule has 3 aliphatic heterocycles. The largest absolute Gasteiger partial charge is 0.358 e. The number of nitrogens with one attached hydrogen (secondary N) is 2. The van der Waals surface area contributed by atoms with Gasteiger partial charge >= 0.3 is 0 Å².